The molecule has 2 aromatic heterocycles. The number of hydrogen-bond acceptors (Lipinski definition) is 7. The zero-order chi connectivity index (χ0) is 18.1. The number of nitrogens with two attached hydrogens (primary N) is 1. The topological polar surface area (TPSA) is 95.4 Å². The Bertz CT molecular complexity index is 1010. The molecule has 3 aromatic rings. The molecule has 146 valence electrons. The van der Waals surface area contributed by atoms with Crippen LogP contribution in [0.15, 0.2) is 33.0 Å². The van der Waals surface area contributed by atoms with Crippen LogP contribution < -0.4 is 15.9 Å². The lowest BCUT2D eigenvalue weighted by molar-refractivity contribution is -0.135. The Morgan fingerprint density at radius 1 is 1.37 bits per heavy atom. The molecule has 1 atom stereocenters. The van der Waals surface area contributed by atoms with Crippen molar-refractivity contribution in [1.82, 2.24) is 4.98 Å². The molecular weight excluding hydrogens is 411 g/mol. The normalized spacial score (nSPS) is 11.4. The SMILES string of the molecule is CCc1cc2c(=O)c(-c3nc(C)cs3)coc2cc1OC(=O)C(C)N.Cl.Cl. The molecule has 1 aromatic carbocycles. The van der Waals surface area contributed by atoms with E-state index in [-0.39, 0.29) is 30.2 Å². The minimum atomic E-state index is -0.733. The highest BCUT2D eigenvalue weighted by molar-refractivity contribution is 7.13. The summed E-state index contributed by atoms with van der Waals surface area (Å²) >= 11 is 1.40. The first kappa shape index (κ1) is 23.1. The van der Waals surface area contributed by atoms with Gasteiger partial charge in [0.15, 0.2) is 0 Å². The minimum absolute atomic E-state index is 0. The van der Waals surface area contributed by atoms with Crippen molar-refractivity contribution < 1.29 is 13.9 Å². The van der Waals surface area contributed by atoms with Crippen molar-refractivity contribution in [2.45, 2.75) is 33.2 Å². The number of aryl methyl sites for hydroxylation is 2. The van der Waals surface area contributed by atoms with Crippen molar-refractivity contribution in [3.05, 3.63) is 45.3 Å². The first-order valence-corrected chi connectivity index (χ1v) is 8.77. The predicted octanol–water partition coefficient (Wildman–Crippen LogP) is 3.88. The molecule has 2 N–H and O–H groups in total. The Kier molecular flexibility index (Phi) is 7.98. The van der Waals surface area contributed by atoms with E-state index in [9.17, 15) is 9.59 Å². The van der Waals surface area contributed by atoms with Gasteiger partial charge in [0.05, 0.1) is 10.9 Å². The van der Waals surface area contributed by atoms with Gasteiger partial charge in [0.25, 0.3) is 0 Å². The van der Waals surface area contributed by atoms with Gasteiger partial charge < -0.3 is 14.9 Å². The van der Waals surface area contributed by atoms with Gasteiger partial charge in [-0.2, -0.15) is 0 Å². The number of ether oxygens (including phenoxy) is 1. The van der Waals surface area contributed by atoms with E-state index in [1.807, 2.05) is 19.2 Å². The Balaban J connectivity index is 0.00000182. The lowest BCUT2D eigenvalue weighted by Gasteiger charge is -2.11. The summed E-state index contributed by atoms with van der Waals surface area (Å²) in [6.07, 6.45) is 1.99. The average molecular weight is 431 g/mol. The summed E-state index contributed by atoms with van der Waals surface area (Å²) < 4.78 is 10.9. The maximum absolute atomic E-state index is 12.8. The number of hydrogen-bond donors (Lipinski definition) is 1. The largest absolute Gasteiger partial charge is 0.463 e. The molecule has 0 aliphatic heterocycles. The quantitative estimate of drug-likeness (QED) is 0.498. The first-order valence-electron chi connectivity index (χ1n) is 7.89. The molecule has 0 aliphatic carbocycles. The fourth-order valence-electron chi connectivity index (χ4n) is 2.40. The Labute approximate surface area is 172 Å². The molecule has 3 rings (SSSR count). The third kappa shape index (κ3) is 4.68. The van der Waals surface area contributed by atoms with Crippen LogP contribution in [0.1, 0.15) is 25.1 Å². The van der Waals surface area contributed by atoms with Crippen LogP contribution in [0, 0.1) is 6.92 Å². The second-order valence-electron chi connectivity index (χ2n) is 5.79. The van der Waals surface area contributed by atoms with Crippen LogP contribution in [-0.2, 0) is 11.2 Å². The highest BCUT2D eigenvalue weighted by Crippen LogP contribution is 2.28. The van der Waals surface area contributed by atoms with Crippen LogP contribution in [0.3, 0.4) is 0 Å². The summed E-state index contributed by atoms with van der Waals surface area (Å²) in [5.41, 5.74) is 7.76. The van der Waals surface area contributed by atoms with E-state index in [0.29, 0.717) is 33.7 Å². The molecule has 0 saturated heterocycles. The molecule has 0 radical (unpaired) electrons. The molecule has 9 heteroatoms. The number of benzene rings is 1. The van der Waals surface area contributed by atoms with Gasteiger partial charge in [0, 0.05) is 17.1 Å². The summed E-state index contributed by atoms with van der Waals surface area (Å²) in [5.74, 6) is -0.176. The van der Waals surface area contributed by atoms with Crippen LogP contribution in [0.2, 0.25) is 0 Å². The van der Waals surface area contributed by atoms with Crippen LogP contribution in [-0.4, -0.2) is 17.0 Å². The number of nitrogens with zero attached hydrogens (tertiary/aromatic N) is 1. The monoisotopic (exact) mass is 430 g/mol. The molecule has 2 heterocycles. The van der Waals surface area contributed by atoms with Crippen molar-refractivity contribution in [2.75, 3.05) is 0 Å². The number of halogens is 2. The maximum Gasteiger partial charge on any atom is 0.328 e. The van der Waals surface area contributed by atoms with E-state index in [1.54, 1.807) is 19.1 Å². The first-order chi connectivity index (χ1) is 11.9. The van der Waals surface area contributed by atoms with E-state index < -0.39 is 12.0 Å². The minimum Gasteiger partial charge on any atom is -0.463 e. The lowest BCUT2D eigenvalue weighted by atomic mass is 10.1. The summed E-state index contributed by atoms with van der Waals surface area (Å²) in [5, 5.41) is 2.94. The van der Waals surface area contributed by atoms with Gasteiger partial charge in [0.2, 0.25) is 5.43 Å². The van der Waals surface area contributed by atoms with Crippen molar-refractivity contribution in [3.63, 3.8) is 0 Å². The van der Waals surface area contributed by atoms with Crippen molar-refractivity contribution in [3.8, 4) is 16.3 Å². The number of aromatic nitrogens is 1. The number of fused-ring (bicyclic) bond motifs is 1. The zero-order valence-electron chi connectivity index (χ0n) is 15.0. The van der Waals surface area contributed by atoms with Gasteiger partial charge in [-0.1, -0.05) is 6.92 Å². The van der Waals surface area contributed by atoms with Crippen molar-refractivity contribution in [2.24, 2.45) is 5.73 Å². The van der Waals surface area contributed by atoms with Gasteiger partial charge in [-0.05, 0) is 31.9 Å². The van der Waals surface area contributed by atoms with Crippen LogP contribution in [0.5, 0.6) is 5.75 Å². The zero-order valence-corrected chi connectivity index (χ0v) is 17.4. The summed E-state index contributed by atoms with van der Waals surface area (Å²) in [6, 6.07) is 2.53. The van der Waals surface area contributed by atoms with E-state index in [0.717, 1.165) is 11.3 Å². The Morgan fingerprint density at radius 2 is 2.07 bits per heavy atom. The molecule has 0 fully saturated rings. The summed E-state index contributed by atoms with van der Waals surface area (Å²) in [7, 11) is 0. The molecule has 27 heavy (non-hydrogen) atoms. The van der Waals surface area contributed by atoms with E-state index >= 15 is 0 Å². The lowest BCUT2D eigenvalue weighted by Crippen LogP contribution is -2.31. The Morgan fingerprint density at radius 3 is 2.63 bits per heavy atom. The summed E-state index contributed by atoms with van der Waals surface area (Å²) in [4.78, 5) is 28.9. The van der Waals surface area contributed by atoms with Gasteiger partial charge in [-0.3, -0.25) is 4.79 Å². The standard InChI is InChI=1S/C18H18N2O4S.2ClH/c1-4-11-5-12-15(6-14(11)24-18(22)10(3)19)23-7-13(16(12)21)17-20-9(2)8-25-17;;/h5-8,10H,4,19H2,1-3H3;2*1H. The third-order valence-electron chi connectivity index (χ3n) is 3.77. The van der Waals surface area contributed by atoms with Gasteiger partial charge in [-0.15, -0.1) is 36.2 Å². The molecule has 0 bridgehead atoms. The van der Waals surface area contributed by atoms with E-state index in [1.165, 1.54) is 17.6 Å². The van der Waals surface area contributed by atoms with Crippen LogP contribution in [0.4, 0.5) is 0 Å². The maximum atomic E-state index is 12.8. The molecule has 0 amide bonds. The van der Waals surface area contributed by atoms with Crippen molar-refractivity contribution >= 4 is 53.1 Å². The fourth-order valence-corrected chi connectivity index (χ4v) is 3.20. The highest BCUT2D eigenvalue weighted by atomic mass is 35.5. The highest BCUT2D eigenvalue weighted by Gasteiger charge is 2.17. The van der Waals surface area contributed by atoms with E-state index in [2.05, 4.69) is 4.98 Å². The molecular formula is C18H20Cl2N2O4S. The van der Waals surface area contributed by atoms with Gasteiger partial charge in [-0.25, -0.2) is 9.78 Å². The van der Waals surface area contributed by atoms with Gasteiger partial charge in [0.1, 0.15) is 28.6 Å². The number of esters is 1. The van der Waals surface area contributed by atoms with Crippen molar-refractivity contribution in [1.29, 1.82) is 0 Å². The molecule has 0 aliphatic rings. The number of carbonyl (C=O) groups is 1. The fraction of sp³-hybridized carbons (Fsp3) is 0.278. The van der Waals surface area contributed by atoms with Gasteiger partial charge >= 0.3 is 5.97 Å². The molecule has 0 saturated carbocycles. The number of thiazole rings is 1. The molecule has 0 spiro atoms. The van der Waals surface area contributed by atoms with Crippen LogP contribution >= 0.6 is 36.2 Å². The number of carbonyl (C=O) groups excluding carboxylic acids is 1. The Hall–Kier alpha value is -1.93. The molecule has 6 nitrogen and oxygen atoms in total. The molecule has 1 unspecified atom stereocenters. The predicted molar refractivity (Wildman–Crippen MR) is 111 cm³/mol. The third-order valence-corrected chi connectivity index (χ3v) is 4.76. The van der Waals surface area contributed by atoms with E-state index in [4.69, 9.17) is 14.9 Å². The second-order valence-corrected chi connectivity index (χ2v) is 6.65. The summed E-state index contributed by atoms with van der Waals surface area (Å²) in [6.45, 7) is 5.34. The number of rotatable bonds is 4. The second kappa shape index (κ2) is 9.32. The smallest absolute Gasteiger partial charge is 0.328 e. The average Bonchev–Trinajstić information content (AvgIpc) is 3.00. The van der Waals surface area contributed by atoms with Crippen LogP contribution in [0.25, 0.3) is 21.5 Å².